The number of likely N-dealkylation sites (tertiary alicyclic amines) is 1. The van der Waals surface area contributed by atoms with Crippen LogP contribution in [0.2, 0.25) is 5.02 Å². The van der Waals surface area contributed by atoms with Crippen molar-refractivity contribution in [1.82, 2.24) is 4.90 Å². The fraction of sp³-hybridized carbons (Fsp3) is 0.519. The van der Waals surface area contributed by atoms with E-state index in [4.69, 9.17) is 26.2 Å². The van der Waals surface area contributed by atoms with Crippen molar-refractivity contribution in [1.29, 1.82) is 0 Å². The zero-order valence-corrected chi connectivity index (χ0v) is 21.0. The van der Waals surface area contributed by atoms with Crippen molar-refractivity contribution in [3.63, 3.8) is 0 Å². The topological polar surface area (TPSA) is 96.4 Å². The molecule has 1 spiro atoms. The molecule has 9 heteroatoms. The van der Waals surface area contributed by atoms with E-state index in [2.05, 4.69) is 0 Å². The zero-order valence-electron chi connectivity index (χ0n) is 20.3. The highest BCUT2D eigenvalue weighted by atomic mass is 35.5. The first-order valence-electron chi connectivity index (χ1n) is 12.5. The molecule has 5 rings (SSSR count). The number of nitrogens with zero attached hydrogens (tertiary/aromatic N) is 2. The highest BCUT2D eigenvalue weighted by Crippen LogP contribution is 2.57. The second-order valence-electron chi connectivity index (χ2n) is 10.0. The first-order chi connectivity index (χ1) is 17.3. The maximum atomic E-state index is 14.3. The Labute approximate surface area is 215 Å². The van der Waals surface area contributed by atoms with Crippen LogP contribution >= 0.6 is 11.6 Å². The van der Waals surface area contributed by atoms with Gasteiger partial charge >= 0.3 is 5.97 Å². The largest absolute Gasteiger partial charge is 0.461 e. The molecule has 1 N–H and O–H groups in total. The van der Waals surface area contributed by atoms with Gasteiger partial charge in [0.25, 0.3) is 5.91 Å². The molecule has 0 radical (unpaired) electrons. The molecule has 192 valence electrons. The number of rotatable bonds is 7. The zero-order chi connectivity index (χ0) is 25.5. The lowest BCUT2D eigenvalue weighted by atomic mass is 9.75. The predicted octanol–water partition coefficient (Wildman–Crippen LogP) is 2.88. The van der Waals surface area contributed by atoms with E-state index < -0.39 is 35.0 Å². The van der Waals surface area contributed by atoms with E-state index in [9.17, 15) is 14.4 Å². The molecule has 4 heterocycles. The molecule has 0 bridgehead atoms. The third-order valence-electron chi connectivity index (χ3n) is 7.76. The molecule has 0 aromatic heterocycles. The number of aliphatic hydroxyl groups excluding tert-OH is 1. The Balaban J connectivity index is 1.57. The van der Waals surface area contributed by atoms with Crippen LogP contribution in [0.3, 0.4) is 0 Å². The fourth-order valence-corrected chi connectivity index (χ4v) is 6.47. The number of carbonyl (C=O) groups is 3. The number of esters is 1. The average molecular weight is 515 g/mol. The van der Waals surface area contributed by atoms with Crippen molar-refractivity contribution in [2.45, 2.75) is 49.9 Å². The summed E-state index contributed by atoms with van der Waals surface area (Å²) < 4.78 is 12.1. The molecule has 5 atom stereocenters. The lowest BCUT2D eigenvalue weighted by molar-refractivity contribution is -0.156. The van der Waals surface area contributed by atoms with E-state index in [1.54, 1.807) is 47.1 Å². The summed E-state index contributed by atoms with van der Waals surface area (Å²) in [6, 6.07) is 6.16. The Morgan fingerprint density at radius 3 is 2.58 bits per heavy atom. The van der Waals surface area contributed by atoms with E-state index in [0.29, 0.717) is 30.1 Å². The van der Waals surface area contributed by atoms with Crippen LogP contribution < -0.4 is 4.90 Å². The quantitative estimate of drug-likeness (QED) is 0.341. The number of cyclic esters (lactones) is 1. The number of hydrogen-bond acceptors (Lipinski definition) is 6. The number of amides is 2. The van der Waals surface area contributed by atoms with E-state index in [1.807, 2.05) is 18.2 Å². The minimum Gasteiger partial charge on any atom is -0.461 e. The molecule has 8 nitrogen and oxygen atoms in total. The Morgan fingerprint density at radius 2 is 1.81 bits per heavy atom. The van der Waals surface area contributed by atoms with Crippen LogP contribution in [0.15, 0.2) is 48.6 Å². The SMILES string of the molecule is C[C@@]12C=CCOC(=O)[C@@H]1[C@H]1C(=O)N(CCCCCCO)C3C(=O)N(c4ccccc4Cl)CC=C[C@@]31O2. The molecule has 1 unspecified atom stereocenters. The van der Waals surface area contributed by atoms with E-state index >= 15 is 0 Å². The van der Waals surface area contributed by atoms with Crippen LogP contribution in [-0.4, -0.2) is 71.3 Å². The Hall–Kier alpha value is -2.68. The van der Waals surface area contributed by atoms with Crippen LogP contribution in [0.1, 0.15) is 32.6 Å². The van der Waals surface area contributed by atoms with Crippen molar-refractivity contribution >= 4 is 35.1 Å². The molecule has 1 aromatic carbocycles. The lowest BCUT2D eigenvalue weighted by Gasteiger charge is -2.37. The molecule has 2 fully saturated rings. The summed E-state index contributed by atoms with van der Waals surface area (Å²) in [7, 11) is 0. The number of ether oxygens (including phenoxy) is 2. The minimum atomic E-state index is -1.31. The maximum absolute atomic E-state index is 14.3. The maximum Gasteiger partial charge on any atom is 0.313 e. The van der Waals surface area contributed by atoms with Gasteiger partial charge in [-0.1, -0.05) is 54.8 Å². The summed E-state index contributed by atoms with van der Waals surface area (Å²) in [6.07, 6.45) is 10.1. The van der Waals surface area contributed by atoms with Crippen LogP contribution in [-0.2, 0) is 23.9 Å². The van der Waals surface area contributed by atoms with Gasteiger partial charge in [0.15, 0.2) is 0 Å². The van der Waals surface area contributed by atoms with Crippen LogP contribution in [0.5, 0.6) is 0 Å². The first-order valence-corrected chi connectivity index (χ1v) is 12.9. The summed E-state index contributed by atoms with van der Waals surface area (Å²) in [4.78, 5) is 44.6. The van der Waals surface area contributed by atoms with Gasteiger partial charge in [0.2, 0.25) is 5.91 Å². The van der Waals surface area contributed by atoms with E-state index in [-0.39, 0.29) is 31.6 Å². The van der Waals surface area contributed by atoms with Crippen LogP contribution in [0.4, 0.5) is 5.69 Å². The van der Waals surface area contributed by atoms with Crippen molar-refractivity contribution in [3.8, 4) is 0 Å². The van der Waals surface area contributed by atoms with Gasteiger partial charge in [-0.2, -0.15) is 0 Å². The number of carbonyl (C=O) groups excluding carboxylic acids is 3. The third-order valence-corrected chi connectivity index (χ3v) is 8.08. The summed E-state index contributed by atoms with van der Waals surface area (Å²) in [6.45, 7) is 2.63. The standard InChI is InChI=1S/C27H31ClN2O6/c1-26-12-9-17-35-25(34)21(26)20-23(32)30(14-6-2-3-7-16-31)22-24(33)29(15-8-13-27(20,22)36-26)19-11-5-4-10-18(19)28/h4-5,8-13,20-22,31H,2-3,6-7,14-17H2,1H3/t20-,21-,22?,26+,27-/m0/s1. The third kappa shape index (κ3) is 3.86. The molecule has 0 aliphatic carbocycles. The first kappa shape index (κ1) is 25.0. The molecule has 4 aliphatic heterocycles. The van der Waals surface area contributed by atoms with Crippen molar-refractivity contribution in [2.24, 2.45) is 11.8 Å². The summed E-state index contributed by atoms with van der Waals surface area (Å²) in [5.41, 5.74) is -1.83. The normalized spacial score (nSPS) is 33.2. The van der Waals surface area contributed by atoms with Gasteiger partial charge in [0.05, 0.1) is 22.2 Å². The van der Waals surface area contributed by atoms with Crippen LogP contribution in [0, 0.1) is 11.8 Å². The molecule has 1 aromatic rings. The Bertz CT molecular complexity index is 1120. The number of hydrogen-bond donors (Lipinski definition) is 1. The molecular formula is C27H31ClN2O6. The molecule has 4 aliphatic rings. The number of benzene rings is 1. The molecular weight excluding hydrogens is 484 g/mol. The number of halogens is 1. The van der Waals surface area contributed by atoms with Crippen LogP contribution in [0.25, 0.3) is 0 Å². The van der Waals surface area contributed by atoms with Gasteiger partial charge < -0.3 is 24.4 Å². The summed E-state index contributed by atoms with van der Waals surface area (Å²) >= 11 is 6.46. The highest BCUT2D eigenvalue weighted by Gasteiger charge is 2.74. The van der Waals surface area contributed by atoms with Gasteiger partial charge in [-0.15, -0.1) is 0 Å². The Morgan fingerprint density at radius 1 is 1.03 bits per heavy atom. The smallest absolute Gasteiger partial charge is 0.313 e. The van der Waals surface area contributed by atoms with Gasteiger partial charge in [-0.05, 0) is 38.0 Å². The van der Waals surface area contributed by atoms with E-state index in [1.165, 1.54) is 0 Å². The van der Waals surface area contributed by atoms with Gasteiger partial charge in [-0.25, -0.2) is 0 Å². The van der Waals surface area contributed by atoms with Crippen molar-refractivity contribution in [3.05, 3.63) is 53.6 Å². The van der Waals surface area contributed by atoms with E-state index in [0.717, 1.165) is 12.8 Å². The minimum absolute atomic E-state index is 0.120. The number of anilines is 1. The molecule has 2 saturated heterocycles. The second kappa shape index (κ2) is 9.65. The predicted molar refractivity (Wildman–Crippen MR) is 133 cm³/mol. The number of aliphatic hydroxyl groups is 1. The number of unbranched alkanes of at least 4 members (excludes halogenated alkanes) is 3. The Kier molecular flexibility index (Phi) is 6.70. The second-order valence-corrected chi connectivity index (χ2v) is 10.4. The molecule has 2 amide bonds. The van der Waals surface area contributed by atoms with Crippen molar-refractivity contribution < 1.29 is 29.0 Å². The van der Waals surface area contributed by atoms with Gasteiger partial charge in [0, 0.05) is 19.7 Å². The monoisotopic (exact) mass is 514 g/mol. The fourth-order valence-electron chi connectivity index (χ4n) is 6.23. The van der Waals surface area contributed by atoms with Gasteiger partial charge in [-0.3, -0.25) is 14.4 Å². The molecule has 36 heavy (non-hydrogen) atoms. The summed E-state index contributed by atoms with van der Waals surface area (Å²) in [5.74, 6) is -2.81. The van der Waals surface area contributed by atoms with Gasteiger partial charge in [0.1, 0.15) is 24.2 Å². The lowest BCUT2D eigenvalue weighted by Crippen LogP contribution is -2.56. The number of para-hydroxylation sites is 1. The summed E-state index contributed by atoms with van der Waals surface area (Å²) in [5, 5.41) is 9.52. The highest BCUT2D eigenvalue weighted by molar-refractivity contribution is 6.34. The van der Waals surface area contributed by atoms with Crippen molar-refractivity contribution in [2.75, 3.05) is 31.2 Å². The average Bonchev–Trinajstić information content (AvgIpc) is 3.10. The molecule has 0 saturated carbocycles. The number of fused-ring (bicyclic) bond motifs is 2.